The molecule has 0 aliphatic rings. The Morgan fingerprint density at radius 3 is 2.69 bits per heavy atom. The summed E-state index contributed by atoms with van der Waals surface area (Å²) in [5.74, 6) is -0.821. The molecule has 0 aliphatic heterocycles. The third kappa shape index (κ3) is 4.28. The van der Waals surface area contributed by atoms with Crippen molar-refractivity contribution < 1.29 is 14.6 Å². The molecule has 0 unspecified atom stereocenters. The Hall–Kier alpha value is -1.61. The lowest BCUT2D eigenvalue weighted by Crippen LogP contribution is -2.05. The molecule has 3 nitrogen and oxygen atoms in total. The number of aliphatic carboxylic acids is 1. The van der Waals surface area contributed by atoms with Crippen molar-refractivity contribution >= 4 is 5.97 Å². The van der Waals surface area contributed by atoms with Crippen LogP contribution in [0, 0.1) is 0 Å². The fourth-order valence-corrected chi connectivity index (χ4v) is 1.38. The lowest BCUT2D eigenvalue weighted by Gasteiger charge is -2.07. The topological polar surface area (TPSA) is 46.5 Å². The predicted molar refractivity (Wildman–Crippen MR) is 62.3 cm³/mol. The van der Waals surface area contributed by atoms with Crippen molar-refractivity contribution in [3.8, 4) is 0 Å². The zero-order chi connectivity index (χ0) is 11.8. The number of ether oxygens (including phenoxy) is 1. The van der Waals surface area contributed by atoms with Gasteiger partial charge < -0.3 is 9.84 Å². The molecule has 0 saturated heterocycles. The Morgan fingerprint density at radius 2 is 2.06 bits per heavy atom. The summed E-state index contributed by atoms with van der Waals surface area (Å²) in [6.45, 7) is 4.68. The van der Waals surface area contributed by atoms with Crippen LogP contribution in [-0.4, -0.2) is 17.7 Å². The third-order valence-electron chi connectivity index (χ3n) is 2.18. The first-order valence-electron chi connectivity index (χ1n) is 5.21. The van der Waals surface area contributed by atoms with Crippen molar-refractivity contribution in [1.29, 1.82) is 0 Å². The van der Waals surface area contributed by atoms with Gasteiger partial charge in [0.05, 0.1) is 19.6 Å². The third-order valence-corrected chi connectivity index (χ3v) is 2.18. The first-order chi connectivity index (χ1) is 7.74. The molecule has 86 valence electrons. The maximum Gasteiger partial charge on any atom is 0.307 e. The normalized spacial score (nSPS) is 10.0. The first kappa shape index (κ1) is 12.5. The highest BCUT2D eigenvalue weighted by atomic mass is 16.5. The standard InChI is InChI=1S/C13H16O3/c1-2-3-8-16-10-12-7-5-4-6-11(12)9-13(14)15/h2,4-7H,1,3,8-10H2,(H,14,15). The van der Waals surface area contributed by atoms with Gasteiger partial charge in [0.2, 0.25) is 0 Å². The maximum atomic E-state index is 10.6. The van der Waals surface area contributed by atoms with Crippen LogP contribution in [0.3, 0.4) is 0 Å². The van der Waals surface area contributed by atoms with Gasteiger partial charge in [-0.1, -0.05) is 30.3 Å². The van der Waals surface area contributed by atoms with Crippen LogP contribution in [0.1, 0.15) is 17.5 Å². The van der Waals surface area contributed by atoms with Crippen LogP contribution < -0.4 is 0 Å². The number of benzene rings is 1. The van der Waals surface area contributed by atoms with Gasteiger partial charge in [0.1, 0.15) is 0 Å². The van der Waals surface area contributed by atoms with E-state index in [-0.39, 0.29) is 6.42 Å². The highest BCUT2D eigenvalue weighted by Gasteiger charge is 2.05. The minimum atomic E-state index is -0.821. The SMILES string of the molecule is C=CCCOCc1ccccc1CC(=O)O. The van der Waals surface area contributed by atoms with E-state index in [1.807, 2.05) is 24.3 Å². The summed E-state index contributed by atoms with van der Waals surface area (Å²) in [5, 5.41) is 8.75. The molecule has 0 bridgehead atoms. The number of rotatable bonds is 7. The largest absolute Gasteiger partial charge is 0.481 e. The van der Waals surface area contributed by atoms with Crippen molar-refractivity contribution in [3.63, 3.8) is 0 Å². The van der Waals surface area contributed by atoms with E-state index in [9.17, 15) is 4.79 Å². The van der Waals surface area contributed by atoms with Crippen LogP contribution in [0.15, 0.2) is 36.9 Å². The molecule has 1 aromatic rings. The van der Waals surface area contributed by atoms with E-state index in [1.54, 1.807) is 6.08 Å². The van der Waals surface area contributed by atoms with E-state index in [4.69, 9.17) is 9.84 Å². The molecule has 16 heavy (non-hydrogen) atoms. The van der Waals surface area contributed by atoms with E-state index < -0.39 is 5.97 Å². The highest BCUT2D eigenvalue weighted by Crippen LogP contribution is 2.11. The Morgan fingerprint density at radius 1 is 1.38 bits per heavy atom. The van der Waals surface area contributed by atoms with Crippen LogP contribution in [0.2, 0.25) is 0 Å². The van der Waals surface area contributed by atoms with Gasteiger partial charge in [-0.05, 0) is 17.5 Å². The molecule has 0 saturated carbocycles. The molecule has 0 aliphatic carbocycles. The lowest BCUT2D eigenvalue weighted by molar-refractivity contribution is -0.136. The molecule has 0 fully saturated rings. The molecule has 0 aromatic heterocycles. The summed E-state index contributed by atoms with van der Waals surface area (Å²) < 4.78 is 5.42. The number of carboxylic acids is 1. The summed E-state index contributed by atoms with van der Waals surface area (Å²) in [7, 11) is 0. The van der Waals surface area contributed by atoms with Crippen LogP contribution >= 0.6 is 0 Å². The van der Waals surface area contributed by atoms with Gasteiger partial charge >= 0.3 is 5.97 Å². The zero-order valence-electron chi connectivity index (χ0n) is 9.19. The van der Waals surface area contributed by atoms with Crippen LogP contribution in [0.4, 0.5) is 0 Å². The predicted octanol–water partition coefficient (Wildman–Crippen LogP) is 2.41. The second kappa shape index (κ2) is 6.80. The molecular formula is C13H16O3. The molecule has 0 heterocycles. The molecule has 0 radical (unpaired) electrons. The quantitative estimate of drug-likeness (QED) is 0.567. The van der Waals surface area contributed by atoms with Crippen LogP contribution in [-0.2, 0) is 22.6 Å². The fraction of sp³-hybridized carbons (Fsp3) is 0.308. The second-order valence-corrected chi connectivity index (χ2v) is 3.47. The maximum absolute atomic E-state index is 10.6. The van der Waals surface area contributed by atoms with Crippen molar-refractivity contribution in [2.75, 3.05) is 6.61 Å². The average Bonchev–Trinajstić information content (AvgIpc) is 2.26. The van der Waals surface area contributed by atoms with E-state index in [1.165, 1.54) is 0 Å². The smallest absolute Gasteiger partial charge is 0.307 e. The van der Waals surface area contributed by atoms with E-state index in [0.29, 0.717) is 13.2 Å². The van der Waals surface area contributed by atoms with Gasteiger partial charge in [-0.3, -0.25) is 4.79 Å². The van der Waals surface area contributed by atoms with Gasteiger partial charge in [-0.25, -0.2) is 0 Å². The van der Waals surface area contributed by atoms with Crippen molar-refractivity contribution in [1.82, 2.24) is 0 Å². The van der Waals surface area contributed by atoms with Gasteiger partial charge in [0.25, 0.3) is 0 Å². The van der Waals surface area contributed by atoms with Crippen LogP contribution in [0.5, 0.6) is 0 Å². The monoisotopic (exact) mass is 220 g/mol. The van der Waals surface area contributed by atoms with E-state index in [0.717, 1.165) is 17.5 Å². The molecule has 3 heteroatoms. The summed E-state index contributed by atoms with van der Waals surface area (Å²) in [6, 6.07) is 7.44. The average molecular weight is 220 g/mol. The molecule has 0 atom stereocenters. The summed E-state index contributed by atoms with van der Waals surface area (Å²) >= 11 is 0. The molecular weight excluding hydrogens is 204 g/mol. The van der Waals surface area contributed by atoms with E-state index in [2.05, 4.69) is 6.58 Å². The molecule has 0 spiro atoms. The van der Waals surface area contributed by atoms with Crippen molar-refractivity contribution in [2.24, 2.45) is 0 Å². The Balaban J connectivity index is 2.56. The number of hydrogen-bond acceptors (Lipinski definition) is 2. The Kier molecular flexibility index (Phi) is 5.29. The van der Waals surface area contributed by atoms with Crippen molar-refractivity contribution in [2.45, 2.75) is 19.4 Å². The lowest BCUT2D eigenvalue weighted by atomic mass is 10.1. The fourth-order valence-electron chi connectivity index (χ4n) is 1.38. The summed E-state index contributed by atoms with van der Waals surface area (Å²) in [5.41, 5.74) is 1.75. The molecule has 1 rings (SSSR count). The van der Waals surface area contributed by atoms with Gasteiger partial charge in [-0.15, -0.1) is 6.58 Å². The number of carboxylic acid groups (broad SMARTS) is 1. The highest BCUT2D eigenvalue weighted by molar-refractivity contribution is 5.70. The Labute approximate surface area is 95.4 Å². The second-order valence-electron chi connectivity index (χ2n) is 3.47. The van der Waals surface area contributed by atoms with Crippen molar-refractivity contribution in [3.05, 3.63) is 48.0 Å². The minimum Gasteiger partial charge on any atom is -0.481 e. The van der Waals surface area contributed by atoms with Gasteiger partial charge in [0.15, 0.2) is 0 Å². The first-order valence-corrected chi connectivity index (χ1v) is 5.21. The number of hydrogen-bond donors (Lipinski definition) is 1. The summed E-state index contributed by atoms with van der Waals surface area (Å²) in [6.07, 6.45) is 2.64. The Bertz CT molecular complexity index is 358. The molecule has 1 N–H and O–H groups in total. The van der Waals surface area contributed by atoms with Crippen LogP contribution in [0.25, 0.3) is 0 Å². The minimum absolute atomic E-state index is 0.0427. The van der Waals surface area contributed by atoms with E-state index >= 15 is 0 Å². The molecule has 1 aromatic carbocycles. The van der Waals surface area contributed by atoms with Gasteiger partial charge in [-0.2, -0.15) is 0 Å². The zero-order valence-corrected chi connectivity index (χ0v) is 9.19. The molecule has 0 amide bonds. The van der Waals surface area contributed by atoms with Gasteiger partial charge in [0, 0.05) is 0 Å². The number of carbonyl (C=O) groups is 1. The summed E-state index contributed by atoms with van der Waals surface area (Å²) in [4.78, 5) is 10.6.